The highest BCUT2D eigenvalue weighted by molar-refractivity contribution is 6.01. The highest BCUT2D eigenvalue weighted by atomic mass is 16.5. The number of nitrogens with one attached hydrogen (secondary N) is 3. The average molecular weight is 378 g/mol. The number of pyridine rings is 1. The molecule has 0 saturated carbocycles. The first-order chi connectivity index (χ1) is 13.6. The fraction of sp³-hybridized carbons (Fsp3) is 0.167. The van der Waals surface area contributed by atoms with Crippen LogP contribution in [-0.2, 0) is 11.8 Å². The highest BCUT2D eigenvalue weighted by Crippen LogP contribution is 2.33. The van der Waals surface area contributed by atoms with Gasteiger partial charge in [-0.25, -0.2) is 15.0 Å². The Bertz CT molecular complexity index is 1160. The molecule has 0 bridgehead atoms. The average Bonchev–Trinajstić information content (AvgIpc) is 3.27. The van der Waals surface area contributed by atoms with Gasteiger partial charge in [0.25, 0.3) is 5.88 Å². The van der Waals surface area contributed by atoms with Crippen molar-refractivity contribution in [1.82, 2.24) is 29.7 Å². The lowest BCUT2D eigenvalue weighted by Crippen LogP contribution is -2.00. The molecule has 1 amide bonds. The van der Waals surface area contributed by atoms with Crippen molar-refractivity contribution in [3.8, 4) is 17.1 Å². The summed E-state index contributed by atoms with van der Waals surface area (Å²) in [7, 11) is 3.36. The third-order valence-electron chi connectivity index (χ3n) is 4.26. The maximum Gasteiger partial charge on any atom is 0.256 e. The van der Waals surface area contributed by atoms with E-state index in [0.29, 0.717) is 29.7 Å². The summed E-state index contributed by atoms with van der Waals surface area (Å²) < 4.78 is 6.90. The van der Waals surface area contributed by atoms with Gasteiger partial charge < -0.3 is 20.4 Å². The van der Waals surface area contributed by atoms with Crippen molar-refractivity contribution in [2.75, 3.05) is 17.7 Å². The number of amides is 1. The summed E-state index contributed by atoms with van der Waals surface area (Å²) in [5, 5.41) is 10.8. The first kappa shape index (κ1) is 17.5. The zero-order valence-electron chi connectivity index (χ0n) is 15.5. The fourth-order valence-electron chi connectivity index (χ4n) is 3.02. The van der Waals surface area contributed by atoms with Crippen molar-refractivity contribution < 1.29 is 9.53 Å². The molecule has 10 nitrogen and oxygen atoms in total. The molecule has 28 heavy (non-hydrogen) atoms. The largest absolute Gasteiger partial charge is 0.478 e. The number of H-pyrrole nitrogens is 1. The van der Waals surface area contributed by atoms with E-state index < -0.39 is 0 Å². The van der Waals surface area contributed by atoms with Crippen molar-refractivity contribution in [1.29, 1.82) is 0 Å². The van der Waals surface area contributed by atoms with E-state index in [1.807, 2.05) is 19.2 Å². The number of rotatable bonds is 6. The molecule has 10 heteroatoms. The second-order valence-corrected chi connectivity index (χ2v) is 6.12. The minimum Gasteiger partial charge on any atom is -0.478 e. The number of fused-ring (bicyclic) bond motifs is 1. The van der Waals surface area contributed by atoms with Crippen LogP contribution in [0.1, 0.15) is 5.56 Å². The molecule has 0 aliphatic heterocycles. The molecule has 142 valence electrons. The summed E-state index contributed by atoms with van der Waals surface area (Å²) in [6.45, 7) is 1.94. The molecule has 4 aromatic heterocycles. The summed E-state index contributed by atoms with van der Waals surface area (Å²) in [5.41, 5.74) is 3.94. The maximum atomic E-state index is 10.8. The highest BCUT2D eigenvalue weighted by Gasteiger charge is 2.15. The number of hydrogen-bond donors (Lipinski definition) is 3. The van der Waals surface area contributed by atoms with E-state index in [-0.39, 0.29) is 0 Å². The zero-order valence-corrected chi connectivity index (χ0v) is 15.5. The summed E-state index contributed by atoms with van der Waals surface area (Å²) >= 11 is 0. The summed E-state index contributed by atoms with van der Waals surface area (Å²) in [6.07, 6.45) is 7.61. The van der Waals surface area contributed by atoms with Gasteiger partial charge in [0.05, 0.1) is 24.5 Å². The third-order valence-corrected chi connectivity index (χ3v) is 4.26. The summed E-state index contributed by atoms with van der Waals surface area (Å²) in [5.74, 6) is 1.33. The number of carbonyl (C=O) groups excluding carboxylic acids is 1. The van der Waals surface area contributed by atoms with Gasteiger partial charge >= 0.3 is 0 Å². The van der Waals surface area contributed by atoms with Gasteiger partial charge in [-0.1, -0.05) is 0 Å². The van der Waals surface area contributed by atoms with Crippen LogP contribution >= 0.6 is 0 Å². The van der Waals surface area contributed by atoms with Gasteiger partial charge in [0.2, 0.25) is 12.4 Å². The Morgan fingerprint density at radius 3 is 2.96 bits per heavy atom. The fourth-order valence-corrected chi connectivity index (χ4v) is 3.02. The molecule has 0 aliphatic carbocycles. The monoisotopic (exact) mass is 378 g/mol. The van der Waals surface area contributed by atoms with Crippen LogP contribution in [0.5, 0.6) is 5.88 Å². The lowest BCUT2D eigenvalue weighted by Gasteiger charge is -2.08. The molecule has 0 fully saturated rings. The molecule has 0 aliphatic rings. The number of ether oxygens (including phenoxy) is 1. The van der Waals surface area contributed by atoms with Gasteiger partial charge in [-0.3, -0.25) is 9.48 Å². The Morgan fingerprint density at radius 1 is 1.32 bits per heavy atom. The normalized spacial score (nSPS) is 10.8. The minimum absolute atomic E-state index is 0.418. The van der Waals surface area contributed by atoms with E-state index in [4.69, 9.17) is 4.74 Å². The molecule has 4 rings (SSSR count). The molecule has 0 unspecified atom stereocenters. The van der Waals surface area contributed by atoms with Gasteiger partial charge in [0.15, 0.2) is 5.82 Å². The molecule has 4 heterocycles. The van der Waals surface area contributed by atoms with Crippen LogP contribution in [-0.4, -0.2) is 43.2 Å². The lowest BCUT2D eigenvalue weighted by atomic mass is 10.1. The topological polar surface area (TPSA) is 123 Å². The Hall–Kier alpha value is -3.95. The first-order valence-electron chi connectivity index (χ1n) is 8.45. The summed E-state index contributed by atoms with van der Waals surface area (Å²) in [6, 6.07) is 1.87. The molecule has 0 aromatic carbocycles. The Labute approximate surface area is 160 Å². The molecule has 4 aromatic rings. The number of nitrogens with zero attached hydrogens (tertiary/aromatic N) is 5. The predicted octanol–water partition coefficient (Wildman–Crippen LogP) is 2.38. The van der Waals surface area contributed by atoms with Crippen LogP contribution in [0.3, 0.4) is 0 Å². The Morgan fingerprint density at radius 2 is 2.18 bits per heavy atom. The van der Waals surface area contributed by atoms with E-state index in [1.54, 1.807) is 37.4 Å². The minimum atomic E-state index is 0.418. The Balaban J connectivity index is 1.77. The number of aromatic amines is 1. The van der Waals surface area contributed by atoms with Crippen LogP contribution < -0.4 is 15.4 Å². The van der Waals surface area contributed by atoms with Gasteiger partial charge in [0.1, 0.15) is 5.69 Å². The smallest absolute Gasteiger partial charge is 0.256 e. The van der Waals surface area contributed by atoms with Gasteiger partial charge in [-0.2, -0.15) is 0 Å². The van der Waals surface area contributed by atoms with E-state index in [1.165, 1.54) is 0 Å². The molecule has 0 spiro atoms. The molecule has 3 N–H and O–H groups in total. The quantitative estimate of drug-likeness (QED) is 0.440. The van der Waals surface area contributed by atoms with Gasteiger partial charge in [-0.15, -0.1) is 5.10 Å². The molecular weight excluding hydrogens is 360 g/mol. The van der Waals surface area contributed by atoms with Crippen molar-refractivity contribution in [3.63, 3.8) is 0 Å². The zero-order chi connectivity index (χ0) is 19.7. The second kappa shape index (κ2) is 6.99. The van der Waals surface area contributed by atoms with Crippen LogP contribution in [0.2, 0.25) is 0 Å². The van der Waals surface area contributed by atoms with E-state index >= 15 is 0 Å². The second-order valence-electron chi connectivity index (χ2n) is 6.12. The number of carbonyl (C=O) groups is 1. The standard InChI is InChI=1S/C18H18N8O2/c1-10-6-21-18(23-13-8-26(2)25-17(13)28-3)24-14(10)12-7-20-15-11(12)4-5-19-16(15)22-9-27/h4-9,20H,1-3H3,(H,19,22,27)(H,21,23,24). The first-order valence-corrected chi connectivity index (χ1v) is 8.45. The number of methoxy groups -OCH3 is 1. The van der Waals surface area contributed by atoms with Crippen LogP contribution in [0, 0.1) is 6.92 Å². The van der Waals surface area contributed by atoms with Crippen molar-refractivity contribution >= 4 is 34.8 Å². The molecule has 0 radical (unpaired) electrons. The van der Waals surface area contributed by atoms with Crippen molar-refractivity contribution in [3.05, 3.63) is 36.4 Å². The number of aromatic nitrogens is 6. The number of aryl methyl sites for hydroxylation is 2. The number of anilines is 3. The predicted molar refractivity (Wildman–Crippen MR) is 105 cm³/mol. The van der Waals surface area contributed by atoms with Crippen LogP contribution in [0.15, 0.2) is 30.9 Å². The Kier molecular flexibility index (Phi) is 4.36. The molecule has 0 atom stereocenters. The lowest BCUT2D eigenvalue weighted by molar-refractivity contribution is -0.105. The van der Waals surface area contributed by atoms with Gasteiger partial charge in [0, 0.05) is 36.6 Å². The number of hydrogen-bond acceptors (Lipinski definition) is 7. The van der Waals surface area contributed by atoms with Crippen molar-refractivity contribution in [2.45, 2.75) is 6.92 Å². The van der Waals surface area contributed by atoms with E-state index in [2.05, 4.69) is 35.7 Å². The maximum absolute atomic E-state index is 10.8. The van der Waals surface area contributed by atoms with Crippen molar-refractivity contribution in [2.24, 2.45) is 7.05 Å². The van der Waals surface area contributed by atoms with Gasteiger partial charge in [-0.05, 0) is 18.6 Å². The van der Waals surface area contributed by atoms with E-state index in [9.17, 15) is 4.79 Å². The SMILES string of the molecule is COc1nn(C)cc1Nc1ncc(C)c(-c2c[nH]c3c(NC=O)nccc23)n1. The third kappa shape index (κ3) is 3.00. The van der Waals surface area contributed by atoms with Crippen LogP contribution in [0.25, 0.3) is 22.2 Å². The van der Waals surface area contributed by atoms with E-state index in [0.717, 1.165) is 27.7 Å². The summed E-state index contributed by atoms with van der Waals surface area (Å²) in [4.78, 5) is 27.2. The van der Waals surface area contributed by atoms with Crippen LogP contribution in [0.4, 0.5) is 17.5 Å². The molecule has 0 saturated heterocycles. The molecular formula is C18H18N8O2.